The Morgan fingerprint density at radius 3 is 2.43 bits per heavy atom. The average Bonchev–Trinajstić information content (AvgIpc) is 3.03. The van der Waals surface area contributed by atoms with E-state index < -0.39 is 0 Å². The smallest absolute Gasteiger partial charge is 0.230 e. The minimum atomic E-state index is -0.268. The van der Waals surface area contributed by atoms with Gasteiger partial charge in [0.05, 0.1) is 11.4 Å². The van der Waals surface area contributed by atoms with E-state index in [2.05, 4.69) is 15.5 Å². The molecule has 1 heterocycles. The van der Waals surface area contributed by atoms with E-state index in [0.717, 1.165) is 16.8 Å². The number of aryl methyl sites for hydroxylation is 1. The predicted octanol–water partition coefficient (Wildman–Crippen LogP) is 4.90. The molecule has 2 aromatic carbocycles. The lowest BCUT2D eigenvalue weighted by Crippen LogP contribution is -2.41. The number of rotatable bonds is 5. The van der Waals surface area contributed by atoms with Crippen LogP contribution in [0.25, 0.3) is 17.1 Å². The zero-order valence-corrected chi connectivity index (χ0v) is 17.9. The fourth-order valence-corrected chi connectivity index (χ4v) is 3.64. The SMILES string of the molecule is Cc1ccccc1-n1c(SCC(=O)NC(C)(C)C)nnc1-c1ccc(Cl)cc1. The third-order valence-corrected chi connectivity index (χ3v) is 5.12. The molecule has 0 aliphatic heterocycles. The van der Waals surface area contributed by atoms with E-state index in [0.29, 0.717) is 16.0 Å². The number of benzene rings is 2. The molecule has 5 nitrogen and oxygen atoms in total. The van der Waals surface area contributed by atoms with Crippen molar-refractivity contribution in [2.45, 2.75) is 38.4 Å². The topological polar surface area (TPSA) is 59.8 Å². The van der Waals surface area contributed by atoms with Crippen molar-refractivity contribution in [1.29, 1.82) is 0 Å². The number of para-hydroxylation sites is 1. The summed E-state index contributed by atoms with van der Waals surface area (Å²) < 4.78 is 1.99. The number of halogens is 1. The maximum atomic E-state index is 12.3. The highest BCUT2D eigenvalue weighted by Crippen LogP contribution is 2.30. The molecule has 28 heavy (non-hydrogen) atoms. The summed E-state index contributed by atoms with van der Waals surface area (Å²) in [7, 11) is 0. The van der Waals surface area contributed by atoms with Crippen molar-refractivity contribution in [1.82, 2.24) is 20.1 Å². The van der Waals surface area contributed by atoms with Crippen molar-refractivity contribution in [3.05, 3.63) is 59.1 Å². The van der Waals surface area contributed by atoms with Crippen LogP contribution in [-0.4, -0.2) is 32.0 Å². The third kappa shape index (κ3) is 4.94. The lowest BCUT2D eigenvalue weighted by atomic mass is 10.1. The van der Waals surface area contributed by atoms with Crippen LogP contribution in [0, 0.1) is 6.92 Å². The van der Waals surface area contributed by atoms with Gasteiger partial charge in [-0.05, 0) is 63.6 Å². The minimum Gasteiger partial charge on any atom is -0.351 e. The molecular weight excluding hydrogens is 392 g/mol. The van der Waals surface area contributed by atoms with Crippen LogP contribution in [0.3, 0.4) is 0 Å². The maximum absolute atomic E-state index is 12.3. The summed E-state index contributed by atoms with van der Waals surface area (Å²) in [6.07, 6.45) is 0. The first-order chi connectivity index (χ1) is 13.2. The van der Waals surface area contributed by atoms with Crippen LogP contribution in [0.2, 0.25) is 5.02 Å². The Bertz CT molecular complexity index is 977. The molecule has 0 aliphatic carbocycles. The summed E-state index contributed by atoms with van der Waals surface area (Å²) in [5.41, 5.74) is 2.72. The highest BCUT2D eigenvalue weighted by molar-refractivity contribution is 7.99. The van der Waals surface area contributed by atoms with Crippen LogP contribution in [0.1, 0.15) is 26.3 Å². The molecule has 0 radical (unpaired) electrons. The minimum absolute atomic E-state index is 0.0372. The first-order valence-electron chi connectivity index (χ1n) is 8.96. The van der Waals surface area contributed by atoms with Gasteiger partial charge in [-0.3, -0.25) is 9.36 Å². The molecule has 0 bridgehead atoms. The van der Waals surface area contributed by atoms with Gasteiger partial charge < -0.3 is 5.32 Å². The highest BCUT2D eigenvalue weighted by Gasteiger charge is 2.20. The molecule has 0 aliphatic rings. The van der Waals surface area contributed by atoms with Gasteiger partial charge in [-0.2, -0.15) is 0 Å². The van der Waals surface area contributed by atoms with Crippen molar-refractivity contribution in [3.8, 4) is 17.1 Å². The fourth-order valence-electron chi connectivity index (χ4n) is 2.77. The Hall–Kier alpha value is -2.31. The second-order valence-electron chi connectivity index (χ2n) is 7.52. The van der Waals surface area contributed by atoms with E-state index in [-0.39, 0.29) is 17.2 Å². The van der Waals surface area contributed by atoms with Crippen molar-refractivity contribution in [2.24, 2.45) is 0 Å². The second kappa shape index (κ2) is 8.37. The van der Waals surface area contributed by atoms with E-state index in [9.17, 15) is 4.79 Å². The molecule has 1 amide bonds. The van der Waals surface area contributed by atoms with Gasteiger partial charge in [-0.1, -0.05) is 41.6 Å². The normalized spacial score (nSPS) is 11.5. The molecule has 0 fully saturated rings. The van der Waals surface area contributed by atoms with Crippen LogP contribution in [0.5, 0.6) is 0 Å². The highest BCUT2D eigenvalue weighted by atomic mass is 35.5. The molecular formula is C21H23ClN4OS. The molecule has 1 aromatic heterocycles. The molecule has 0 unspecified atom stereocenters. The summed E-state index contributed by atoms with van der Waals surface area (Å²) in [6.45, 7) is 7.93. The quantitative estimate of drug-likeness (QED) is 0.603. The number of hydrogen-bond donors (Lipinski definition) is 1. The Balaban J connectivity index is 1.98. The number of nitrogens with one attached hydrogen (secondary N) is 1. The summed E-state index contributed by atoms with van der Waals surface area (Å²) in [6, 6.07) is 15.5. The van der Waals surface area contributed by atoms with E-state index >= 15 is 0 Å². The van der Waals surface area contributed by atoms with Crippen LogP contribution >= 0.6 is 23.4 Å². The van der Waals surface area contributed by atoms with Gasteiger partial charge in [0.25, 0.3) is 0 Å². The van der Waals surface area contributed by atoms with Gasteiger partial charge in [0.1, 0.15) is 0 Å². The fraction of sp³-hybridized carbons (Fsp3) is 0.286. The summed E-state index contributed by atoms with van der Waals surface area (Å²) >= 11 is 7.40. The largest absolute Gasteiger partial charge is 0.351 e. The van der Waals surface area contributed by atoms with Crippen molar-refractivity contribution in [3.63, 3.8) is 0 Å². The van der Waals surface area contributed by atoms with Gasteiger partial charge >= 0.3 is 0 Å². The molecule has 1 N–H and O–H groups in total. The molecule has 146 valence electrons. The molecule has 0 spiro atoms. The molecule has 0 saturated carbocycles. The summed E-state index contributed by atoms with van der Waals surface area (Å²) in [5, 5.41) is 13.1. The average molecular weight is 415 g/mol. The van der Waals surface area contributed by atoms with Crippen LogP contribution in [-0.2, 0) is 4.79 Å². The third-order valence-electron chi connectivity index (χ3n) is 3.94. The Morgan fingerprint density at radius 1 is 1.11 bits per heavy atom. The molecule has 7 heteroatoms. The number of carbonyl (C=O) groups is 1. The zero-order chi connectivity index (χ0) is 20.3. The van der Waals surface area contributed by atoms with E-state index in [4.69, 9.17) is 11.6 Å². The molecule has 3 rings (SSSR count). The first kappa shape index (κ1) is 20.4. The number of aromatic nitrogens is 3. The Morgan fingerprint density at radius 2 is 1.79 bits per heavy atom. The van der Waals surface area contributed by atoms with Gasteiger partial charge in [0.2, 0.25) is 5.91 Å². The van der Waals surface area contributed by atoms with Gasteiger partial charge in [0.15, 0.2) is 11.0 Å². The monoisotopic (exact) mass is 414 g/mol. The lowest BCUT2D eigenvalue weighted by Gasteiger charge is -2.20. The van der Waals surface area contributed by atoms with E-state index in [1.165, 1.54) is 11.8 Å². The van der Waals surface area contributed by atoms with Crippen molar-refractivity contribution >= 4 is 29.3 Å². The second-order valence-corrected chi connectivity index (χ2v) is 8.90. The van der Waals surface area contributed by atoms with Gasteiger partial charge in [0, 0.05) is 16.1 Å². The zero-order valence-electron chi connectivity index (χ0n) is 16.4. The van der Waals surface area contributed by atoms with E-state index in [1.807, 2.05) is 80.8 Å². The Labute approximate surface area is 174 Å². The van der Waals surface area contributed by atoms with Gasteiger partial charge in [-0.15, -0.1) is 10.2 Å². The van der Waals surface area contributed by atoms with Crippen molar-refractivity contribution in [2.75, 3.05) is 5.75 Å². The summed E-state index contributed by atoms with van der Waals surface area (Å²) in [5.74, 6) is 0.941. The lowest BCUT2D eigenvalue weighted by molar-refractivity contribution is -0.119. The first-order valence-corrected chi connectivity index (χ1v) is 10.3. The number of nitrogens with zero attached hydrogens (tertiary/aromatic N) is 3. The maximum Gasteiger partial charge on any atom is 0.230 e. The molecule has 3 aromatic rings. The predicted molar refractivity (Wildman–Crippen MR) is 115 cm³/mol. The standard InChI is InChI=1S/C21H23ClN4OS/c1-14-7-5-6-8-17(14)26-19(15-9-11-16(22)12-10-15)24-25-20(26)28-13-18(27)23-21(2,3)4/h5-12H,13H2,1-4H3,(H,23,27). The van der Waals surface area contributed by atoms with Crippen LogP contribution < -0.4 is 5.32 Å². The number of amides is 1. The van der Waals surface area contributed by atoms with Crippen molar-refractivity contribution < 1.29 is 4.79 Å². The number of hydrogen-bond acceptors (Lipinski definition) is 4. The molecule has 0 saturated heterocycles. The number of thioether (sulfide) groups is 1. The van der Waals surface area contributed by atoms with Crippen LogP contribution in [0.4, 0.5) is 0 Å². The van der Waals surface area contributed by atoms with Gasteiger partial charge in [-0.25, -0.2) is 0 Å². The number of carbonyl (C=O) groups excluding carboxylic acids is 1. The Kier molecular flexibility index (Phi) is 6.10. The molecule has 0 atom stereocenters. The van der Waals surface area contributed by atoms with E-state index in [1.54, 1.807) is 0 Å². The van der Waals surface area contributed by atoms with Crippen LogP contribution in [0.15, 0.2) is 53.7 Å². The summed E-state index contributed by atoms with van der Waals surface area (Å²) in [4.78, 5) is 12.3.